The van der Waals surface area contributed by atoms with E-state index in [9.17, 15) is 0 Å². The molecule has 0 aromatic rings. The zero-order chi connectivity index (χ0) is 0. The Kier molecular flexibility index (Phi) is 519. The van der Waals surface area contributed by atoms with E-state index in [-0.39, 0.29) is 77.2 Å². The van der Waals surface area contributed by atoms with Gasteiger partial charge in [-0.15, -0.1) is 0 Å². The van der Waals surface area contributed by atoms with E-state index in [0.717, 1.165) is 0 Å². The van der Waals surface area contributed by atoms with Crippen LogP contribution in [0.5, 0.6) is 0 Å². The molecular formula is H6CaMgO3. The van der Waals surface area contributed by atoms with Crippen LogP contribution in [0.4, 0.5) is 0 Å². The molecule has 4 N–H and O–H groups in total. The van der Waals surface area contributed by atoms with Gasteiger partial charge in [-0.25, -0.2) is 0 Å². The van der Waals surface area contributed by atoms with E-state index in [1.165, 1.54) is 0 Å². The minimum Gasteiger partial charge on any atom is -0.870 e. The van der Waals surface area contributed by atoms with Crippen molar-refractivity contribution in [3.63, 3.8) is 0 Å². The fourth-order valence-corrected chi connectivity index (χ4v) is 0. The van der Waals surface area contributed by atoms with Crippen molar-refractivity contribution in [3.05, 3.63) is 0 Å². The van der Waals surface area contributed by atoms with Gasteiger partial charge in [0.1, 0.15) is 0 Å². The van der Waals surface area contributed by atoms with Crippen molar-refractivity contribution in [2.45, 2.75) is 0 Å². The summed E-state index contributed by atoms with van der Waals surface area (Å²) in [5.74, 6) is 0. The smallest absolute Gasteiger partial charge is 0.870 e. The van der Waals surface area contributed by atoms with Crippen molar-refractivity contribution >= 4 is 60.8 Å². The van der Waals surface area contributed by atoms with Crippen LogP contribution in [0.1, 0.15) is 0 Å². The number of rotatable bonds is 0. The maximum atomic E-state index is 0. The monoisotopic (exact) mass is 118 g/mol. The molecule has 0 fully saturated rings. The molecule has 0 aliphatic heterocycles. The molecule has 0 aliphatic carbocycles. The third-order valence-electron chi connectivity index (χ3n) is 0. The average molecular weight is 118 g/mol. The van der Waals surface area contributed by atoms with Gasteiger partial charge in [0.05, 0.1) is 0 Å². The van der Waals surface area contributed by atoms with E-state index in [0.29, 0.717) is 0 Å². The molecule has 0 spiro atoms. The largest absolute Gasteiger partial charge is 2.00 e. The molecule has 0 aromatic heterocycles. The minimum atomic E-state index is 0. The van der Waals surface area contributed by atoms with Gasteiger partial charge >= 0.3 is 60.8 Å². The summed E-state index contributed by atoms with van der Waals surface area (Å²) in [6.45, 7) is 0. The van der Waals surface area contributed by atoms with E-state index in [1.807, 2.05) is 0 Å². The first-order valence-corrected chi connectivity index (χ1v) is 0. The summed E-state index contributed by atoms with van der Waals surface area (Å²) < 4.78 is 0. The maximum absolute atomic E-state index is 0. The van der Waals surface area contributed by atoms with Crippen LogP contribution in [0.3, 0.4) is 0 Å². The Morgan fingerprint density at radius 3 is 0.800 bits per heavy atom. The van der Waals surface area contributed by atoms with Crippen LogP contribution in [0, 0.1) is 0 Å². The molecule has 0 heterocycles. The van der Waals surface area contributed by atoms with Gasteiger partial charge in [0, 0.05) is 0 Å². The van der Waals surface area contributed by atoms with Gasteiger partial charge in [0.25, 0.3) is 0 Å². The van der Waals surface area contributed by atoms with Gasteiger partial charge in [-0.3, -0.25) is 0 Å². The fourth-order valence-electron chi connectivity index (χ4n) is 0. The Morgan fingerprint density at radius 1 is 0.800 bits per heavy atom. The van der Waals surface area contributed by atoms with Crippen molar-refractivity contribution in [1.82, 2.24) is 0 Å². The quantitative estimate of drug-likeness (QED) is 0.330. The number of hydrogen-bond acceptors (Lipinski definition) is 2. The van der Waals surface area contributed by atoms with Crippen LogP contribution < -0.4 is 0 Å². The van der Waals surface area contributed by atoms with Gasteiger partial charge in [0.2, 0.25) is 0 Å². The summed E-state index contributed by atoms with van der Waals surface area (Å²) >= 11 is 0. The van der Waals surface area contributed by atoms with Crippen molar-refractivity contribution in [2.75, 3.05) is 0 Å². The summed E-state index contributed by atoms with van der Waals surface area (Å²) in [7, 11) is 0. The van der Waals surface area contributed by atoms with Crippen LogP contribution in [0.15, 0.2) is 0 Å². The molecular weight excluding hydrogens is 112 g/mol. The third kappa shape index (κ3) is 24.8. The Hall–Kier alpha value is 1.91. The molecule has 3 nitrogen and oxygen atoms in total. The predicted octanol–water partition coefficient (Wildman–Crippen LogP) is -2.48. The molecule has 0 saturated carbocycles. The molecule has 0 aromatic carbocycles. The van der Waals surface area contributed by atoms with Gasteiger partial charge in [-0.1, -0.05) is 0 Å². The van der Waals surface area contributed by atoms with Crippen LogP contribution in [0.25, 0.3) is 0 Å². The Labute approximate surface area is 76.2 Å². The molecule has 0 radical (unpaired) electrons. The standard InChI is InChI=1S/Ca.Mg.3H2O.2H/h;;3*1H2;;/q;+2;;;;;/p-2. The summed E-state index contributed by atoms with van der Waals surface area (Å²) in [5, 5.41) is 0. The first-order valence-electron chi connectivity index (χ1n) is 0. The fraction of sp³-hybridized carbons (Fsp3) is 0. The first kappa shape index (κ1) is 66.3. The van der Waals surface area contributed by atoms with Gasteiger partial charge in [-0.05, 0) is 0 Å². The summed E-state index contributed by atoms with van der Waals surface area (Å²) in [4.78, 5) is 0. The van der Waals surface area contributed by atoms with E-state index >= 15 is 0 Å². The summed E-state index contributed by atoms with van der Waals surface area (Å²) in [6.07, 6.45) is 0. The Bertz CT molecular complexity index is 6.85. The summed E-state index contributed by atoms with van der Waals surface area (Å²) in [5.41, 5.74) is 0. The van der Waals surface area contributed by atoms with E-state index in [2.05, 4.69) is 0 Å². The number of hydrogen-bond donors (Lipinski definition) is 0. The SMILES string of the molecule is O.[CaH2].[Mg+2].[OH-].[OH-]. The average Bonchev–Trinajstić information content (AvgIpc) is 0. The van der Waals surface area contributed by atoms with Crippen molar-refractivity contribution in [3.8, 4) is 0 Å². The minimum absolute atomic E-state index is 0. The second-order valence-electron chi connectivity index (χ2n) is 0. The molecule has 28 valence electrons. The van der Waals surface area contributed by atoms with Crippen LogP contribution >= 0.6 is 0 Å². The second-order valence-corrected chi connectivity index (χ2v) is 0. The molecule has 0 aliphatic rings. The van der Waals surface area contributed by atoms with Crippen LogP contribution in [-0.4, -0.2) is 77.2 Å². The molecule has 0 rings (SSSR count). The topological polar surface area (TPSA) is 91.5 Å². The second kappa shape index (κ2) is 39.1. The summed E-state index contributed by atoms with van der Waals surface area (Å²) in [6, 6.07) is 0. The molecule has 0 unspecified atom stereocenters. The van der Waals surface area contributed by atoms with Crippen molar-refractivity contribution < 1.29 is 16.4 Å². The molecule has 5 heavy (non-hydrogen) atoms. The van der Waals surface area contributed by atoms with Crippen LogP contribution in [0.2, 0.25) is 0 Å². The van der Waals surface area contributed by atoms with E-state index in [1.54, 1.807) is 0 Å². The third-order valence-corrected chi connectivity index (χ3v) is 0. The van der Waals surface area contributed by atoms with Crippen molar-refractivity contribution in [1.29, 1.82) is 0 Å². The Balaban J connectivity index is 0. The van der Waals surface area contributed by atoms with Crippen LogP contribution in [-0.2, 0) is 0 Å². The zero-order valence-corrected chi connectivity index (χ0v) is 3.52. The molecule has 0 bridgehead atoms. The normalized spacial score (nSPS) is 0. The predicted molar refractivity (Wildman–Crippen MR) is 21.8 cm³/mol. The van der Waals surface area contributed by atoms with E-state index < -0.39 is 0 Å². The van der Waals surface area contributed by atoms with Gasteiger partial charge in [0.15, 0.2) is 0 Å². The molecule has 0 atom stereocenters. The van der Waals surface area contributed by atoms with Crippen molar-refractivity contribution in [2.24, 2.45) is 0 Å². The molecule has 0 saturated heterocycles. The Morgan fingerprint density at radius 2 is 0.800 bits per heavy atom. The molecule has 0 amide bonds. The first-order chi connectivity index (χ1) is 0. The van der Waals surface area contributed by atoms with Gasteiger partial charge < -0.3 is 16.4 Å². The molecule has 5 heteroatoms. The van der Waals surface area contributed by atoms with E-state index in [4.69, 9.17) is 0 Å². The maximum Gasteiger partial charge on any atom is 2.00 e. The zero-order valence-electron chi connectivity index (χ0n) is 2.10. The van der Waals surface area contributed by atoms with Gasteiger partial charge in [-0.2, -0.15) is 0 Å².